The number of nitrogens with one attached hydrogen (secondary N) is 2. The number of amides is 1. The first-order chi connectivity index (χ1) is 17.0. The van der Waals surface area contributed by atoms with Crippen molar-refractivity contribution in [3.8, 4) is 12.8 Å². The zero-order chi connectivity index (χ0) is 25.6. The quantitative estimate of drug-likeness (QED) is 0.225. The maximum absolute atomic E-state index is 12.3. The van der Waals surface area contributed by atoms with Gasteiger partial charge in [-0.05, 0) is 43.0 Å². The summed E-state index contributed by atoms with van der Waals surface area (Å²) in [6.45, 7) is 1.49. The van der Waals surface area contributed by atoms with Gasteiger partial charge in [0.05, 0.1) is 10.0 Å². The van der Waals surface area contributed by atoms with Crippen molar-refractivity contribution in [2.45, 2.75) is 12.5 Å². The van der Waals surface area contributed by atoms with Crippen molar-refractivity contribution in [1.29, 1.82) is 0 Å². The first-order valence-corrected chi connectivity index (χ1v) is 11.2. The van der Waals surface area contributed by atoms with E-state index in [4.69, 9.17) is 23.2 Å². The van der Waals surface area contributed by atoms with Crippen molar-refractivity contribution in [3.63, 3.8) is 0 Å². The van der Waals surface area contributed by atoms with Crippen LogP contribution in [-0.2, 0) is 4.79 Å². The highest BCUT2D eigenvalue weighted by atomic mass is 35.5. The average molecular weight is 514 g/mol. The van der Waals surface area contributed by atoms with Gasteiger partial charge in [-0.15, -0.1) is 17.9 Å². The second-order valence-electron chi connectivity index (χ2n) is 6.98. The van der Waals surface area contributed by atoms with E-state index >= 15 is 0 Å². The molecular weight excluding hydrogens is 489 g/mol. The topological polar surface area (TPSA) is 105 Å². The minimum Gasteiger partial charge on any atom is -0.394 e. The molecule has 0 aliphatic carbocycles. The molecule has 1 aliphatic rings. The molecule has 1 saturated heterocycles. The Bertz CT molecular complexity index is 1210. The van der Waals surface area contributed by atoms with Crippen molar-refractivity contribution in [3.05, 3.63) is 77.0 Å². The second-order valence-corrected chi connectivity index (χ2v) is 7.79. The number of halogens is 2. The Labute approximate surface area is 213 Å². The van der Waals surface area contributed by atoms with Crippen molar-refractivity contribution in [1.82, 2.24) is 30.2 Å². The summed E-state index contributed by atoms with van der Waals surface area (Å²) in [6, 6.07) is 5.35. The molecule has 0 unspecified atom stereocenters. The number of pyridine rings is 1. The van der Waals surface area contributed by atoms with Gasteiger partial charge in [-0.2, -0.15) is 0 Å². The van der Waals surface area contributed by atoms with Crippen molar-refractivity contribution in [2.75, 3.05) is 25.0 Å². The highest BCUT2D eigenvalue weighted by molar-refractivity contribution is 6.42. The highest BCUT2D eigenvalue weighted by Crippen LogP contribution is 2.22. The molecule has 35 heavy (non-hydrogen) atoms. The third-order valence-corrected chi connectivity index (χ3v) is 5.40. The van der Waals surface area contributed by atoms with Crippen LogP contribution in [0.15, 0.2) is 61.2 Å². The fraction of sp³-hybridized carbons (Fsp3) is 0.208. The zero-order valence-corrected chi connectivity index (χ0v) is 20.5. The molecule has 0 saturated carbocycles. The average Bonchev–Trinajstić information content (AvgIpc) is 3.54. The number of carbonyl (C=O) groups is 2. The van der Waals surface area contributed by atoms with Crippen molar-refractivity contribution in [2.24, 2.45) is 0 Å². The van der Waals surface area contributed by atoms with Crippen LogP contribution in [0, 0.1) is 12.8 Å². The third-order valence-electron chi connectivity index (χ3n) is 4.69. The minimum atomic E-state index is -0.261. The molecule has 4 rings (SSSR count). The number of aldehydes is 1. The molecule has 4 heterocycles. The van der Waals surface area contributed by atoms with E-state index in [9.17, 15) is 9.59 Å². The molecule has 1 atom stereocenters. The van der Waals surface area contributed by atoms with Crippen LogP contribution < -0.4 is 15.5 Å². The summed E-state index contributed by atoms with van der Waals surface area (Å²) in [5.74, 6) is 0.596. The maximum Gasteiger partial charge on any atom is 0.270 e. The van der Waals surface area contributed by atoms with Gasteiger partial charge >= 0.3 is 0 Å². The van der Waals surface area contributed by atoms with E-state index in [0.29, 0.717) is 16.6 Å². The molecule has 1 fully saturated rings. The van der Waals surface area contributed by atoms with Crippen LogP contribution in [-0.4, -0.2) is 58.0 Å². The number of imidazole rings is 1. The Kier molecular flexibility index (Phi) is 11.3. The predicted molar refractivity (Wildman–Crippen MR) is 139 cm³/mol. The van der Waals surface area contributed by atoms with Gasteiger partial charge in [-0.25, -0.2) is 14.5 Å². The lowest BCUT2D eigenvalue weighted by Gasteiger charge is -2.17. The summed E-state index contributed by atoms with van der Waals surface area (Å²) < 4.78 is 1.74. The summed E-state index contributed by atoms with van der Waals surface area (Å²) >= 11 is 11.8. The molecular formula is C24H25Cl2N7O2. The summed E-state index contributed by atoms with van der Waals surface area (Å²) in [6.07, 6.45) is 21.0. The molecule has 0 radical (unpaired) electrons. The number of hydrogen-bond donors (Lipinski definition) is 2. The zero-order valence-electron chi connectivity index (χ0n) is 19.0. The van der Waals surface area contributed by atoms with E-state index in [2.05, 4.69) is 43.4 Å². The molecule has 1 amide bonds. The Morgan fingerprint density at radius 2 is 1.97 bits per heavy atom. The Hall–Kier alpha value is -3.87. The molecule has 0 bridgehead atoms. The number of hydrogen-bond acceptors (Lipinski definition) is 7. The number of rotatable bonds is 6. The fourth-order valence-electron chi connectivity index (χ4n) is 3.12. The number of fused-ring (bicyclic) bond motifs is 1. The molecule has 182 valence electrons. The van der Waals surface area contributed by atoms with Gasteiger partial charge in [-0.3, -0.25) is 9.59 Å². The van der Waals surface area contributed by atoms with Crippen LogP contribution >= 0.6 is 23.2 Å². The van der Waals surface area contributed by atoms with E-state index in [1.807, 2.05) is 18.3 Å². The van der Waals surface area contributed by atoms with Crippen molar-refractivity contribution < 1.29 is 9.59 Å². The summed E-state index contributed by atoms with van der Waals surface area (Å²) in [5.41, 5.74) is 1.06. The highest BCUT2D eigenvalue weighted by Gasteiger charge is 2.26. The van der Waals surface area contributed by atoms with Crippen LogP contribution in [0.25, 0.3) is 5.65 Å². The fourth-order valence-corrected chi connectivity index (χ4v) is 3.37. The number of carbonyl (C=O) groups excluding carboxylic acids is 2. The van der Waals surface area contributed by atoms with E-state index in [1.165, 1.54) is 18.3 Å². The monoisotopic (exact) mass is 513 g/mol. The van der Waals surface area contributed by atoms with E-state index < -0.39 is 0 Å². The normalized spacial score (nSPS) is 14.8. The lowest BCUT2D eigenvalue weighted by Crippen LogP contribution is -2.37. The van der Waals surface area contributed by atoms with E-state index in [1.54, 1.807) is 36.1 Å². The van der Waals surface area contributed by atoms with Gasteiger partial charge < -0.3 is 15.5 Å². The lowest BCUT2D eigenvalue weighted by atomic mass is 10.2. The standard InChI is InChI=1S/C16H14Cl2N6O.C6H9NO.C2H2/c17-11-7-13(20-8-12(11)18)16(25)21-10-3-5-23(9-10)15-2-1-14-19-4-6-24(14)22-15;1-7-5-3-2-4-6-8;1-2/h1-2,4,6-8,10H,3,5,9H2,(H,21,25);2-7H,1H3;1-2H/b;4-2-,5-3-;/t10-;;/m0../s1. The summed E-state index contributed by atoms with van der Waals surface area (Å²) in [7, 11) is 1.80. The first kappa shape index (κ1) is 27.4. The largest absolute Gasteiger partial charge is 0.394 e. The SMILES string of the molecule is C#C.CN/C=C\C=C/C=O.O=C(N[C@H]1CCN(c2ccc3nccn3n2)C1)c1cc(Cl)c(Cl)cn1. The Balaban J connectivity index is 0.000000371. The lowest BCUT2D eigenvalue weighted by molar-refractivity contribution is -0.104. The number of anilines is 1. The molecule has 9 nitrogen and oxygen atoms in total. The smallest absolute Gasteiger partial charge is 0.270 e. The second kappa shape index (κ2) is 14.4. The number of aromatic nitrogens is 4. The van der Waals surface area contributed by atoms with Gasteiger partial charge in [-0.1, -0.05) is 29.3 Å². The molecule has 2 N–H and O–H groups in total. The van der Waals surface area contributed by atoms with E-state index in [-0.39, 0.29) is 17.6 Å². The predicted octanol–water partition coefficient (Wildman–Crippen LogP) is 3.16. The molecule has 1 aliphatic heterocycles. The summed E-state index contributed by atoms with van der Waals surface area (Å²) in [4.78, 5) is 32.3. The molecule has 3 aromatic rings. The van der Waals surface area contributed by atoms with Crippen LogP contribution in [0.2, 0.25) is 10.0 Å². The van der Waals surface area contributed by atoms with Gasteiger partial charge in [0.1, 0.15) is 17.8 Å². The molecule has 11 heteroatoms. The maximum atomic E-state index is 12.3. The van der Waals surface area contributed by atoms with Gasteiger partial charge in [0.15, 0.2) is 5.65 Å². The molecule has 0 aromatic carbocycles. The Morgan fingerprint density at radius 3 is 2.69 bits per heavy atom. The minimum absolute atomic E-state index is 0.0176. The van der Waals surface area contributed by atoms with Gasteiger partial charge in [0.25, 0.3) is 5.91 Å². The molecule has 3 aromatic heterocycles. The Morgan fingerprint density at radius 1 is 1.17 bits per heavy atom. The first-order valence-electron chi connectivity index (χ1n) is 10.5. The summed E-state index contributed by atoms with van der Waals surface area (Å²) in [5, 5.41) is 10.9. The van der Waals surface area contributed by atoms with E-state index in [0.717, 1.165) is 30.7 Å². The van der Waals surface area contributed by atoms with Crippen LogP contribution in [0.3, 0.4) is 0 Å². The van der Waals surface area contributed by atoms with Crippen molar-refractivity contribution >= 4 is 46.9 Å². The molecule has 0 spiro atoms. The van der Waals surface area contributed by atoms with Crippen LogP contribution in [0.1, 0.15) is 16.9 Å². The third kappa shape index (κ3) is 8.14. The number of allylic oxidation sites excluding steroid dienone is 3. The number of nitrogens with zero attached hydrogens (tertiary/aromatic N) is 5. The number of terminal acetylenes is 1. The van der Waals surface area contributed by atoms with Crippen LogP contribution in [0.5, 0.6) is 0 Å². The van der Waals surface area contributed by atoms with Gasteiger partial charge in [0.2, 0.25) is 0 Å². The van der Waals surface area contributed by atoms with Crippen LogP contribution in [0.4, 0.5) is 5.82 Å². The van der Waals surface area contributed by atoms with Gasteiger partial charge in [0, 0.05) is 44.8 Å².